The van der Waals surface area contributed by atoms with E-state index in [9.17, 15) is 20.1 Å². The van der Waals surface area contributed by atoms with Gasteiger partial charge in [0.1, 0.15) is 34.9 Å². The van der Waals surface area contributed by atoms with Crippen LogP contribution in [-0.4, -0.2) is 60.6 Å². The molecule has 2 aromatic rings. The number of aliphatic hydroxyl groups excluding tert-OH is 2. The molecular weight excluding hydrogens is 314 g/mol. The molecule has 118 valence electrons. The van der Waals surface area contributed by atoms with Gasteiger partial charge in [0.25, 0.3) is 0 Å². The second-order valence-corrected chi connectivity index (χ2v) is 5.71. The number of hydrogen-bond donors (Lipinski definition) is 3. The number of ether oxygens (including phenoxy) is 1. The van der Waals surface area contributed by atoms with Crippen molar-refractivity contribution in [1.29, 1.82) is 0 Å². The summed E-state index contributed by atoms with van der Waals surface area (Å²) < 4.78 is 6.93. The molecule has 9 heteroatoms. The zero-order valence-electron chi connectivity index (χ0n) is 11.5. The molecule has 1 saturated heterocycles. The topological polar surface area (TPSA) is 118 Å². The number of nitrogens with zero attached hydrogens (tertiary/aromatic N) is 3. The van der Waals surface area contributed by atoms with Gasteiger partial charge < -0.3 is 24.6 Å². The fraction of sp³-hybridized carbons (Fsp3) is 0.462. The van der Waals surface area contributed by atoms with E-state index in [-0.39, 0.29) is 16.4 Å². The number of carbonyl (C=O) groups is 1. The Balaban J connectivity index is 2.19. The fourth-order valence-electron chi connectivity index (χ4n) is 2.73. The Labute approximate surface area is 129 Å². The molecule has 0 radical (unpaired) electrons. The molecule has 0 bridgehead atoms. The number of aldehydes is 1. The lowest BCUT2D eigenvalue weighted by molar-refractivity contribution is -0.0948. The Morgan fingerprint density at radius 1 is 1.55 bits per heavy atom. The first-order valence-corrected chi connectivity index (χ1v) is 6.92. The first-order chi connectivity index (χ1) is 10.4. The van der Waals surface area contributed by atoms with Gasteiger partial charge in [0.15, 0.2) is 12.5 Å². The molecule has 3 rings (SSSR count). The minimum absolute atomic E-state index is 0.0998. The van der Waals surface area contributed by atoms with Gasteiger partial charge in [0.05, 0.1) is 12.0 Å². The molecule has 4 atom stereocenters. The maximum atomic E-state index is 11.2. The molecule has 1 fully saturated rings. The van der Waals surface area contributed by atoms with Crippen LogP contribution in [0.4, 0.5) is 0 Å². The summed E-state index contributed by atoms with van der Waals surface area (Å²) in [7, 11) is 0. The third-order valence-corrected chi connectivity index (χ3v) is 4.19. The Morgan fingerprint density at radius 2 is 2.27 bits per heavy atom. The lowest BCUT2D eigenvalue weighted by Crippen LogP contribution is -2.44. The quantitative estimate of drug-likeness (QED) is 0.532. The molecule has 22 heavy (non-hydrogen) atoms. The molecule has 1 aliphatic rings. The second-order valence-electron chi connectivity index (χ2n) is 5.35. The summed E-state index contributed by atoms with van der Waals surface area (Å²) in [5.41, 5.74) is -1.16. The summed E-state index contributed by atoms with van der Waals surface area (Å²) in [5.74, 6) is 0. The smallest absolute Gasteiger partial charge is 0.167 e. The molecule has 3 N–H and O–H groups in total. The van der Waals surface area contributed by atoms with Crippen molar-refractivity contribution in [1.82, 2.24) is 14.5 Å². The lowest BCUT2D eigenvalue weighted by atomic mass is 9.96. The summed E-state index contributed by atoms with van der Waals surface area (Å²) in [4.78, 5) is 19.1. The van der Waals surface area contributed by atoms with Crippen LogP contribution in [0.5, 0.6) is 0 Å². The van der Waals surface area contributed by atoms with Crippen molar-refractivity contribution in [2.24, 2.45) is 0 Å². The normalized spacial score (nSPS) is 31.8. The predicted molar refractivity (Wildman–Crippen MR) is 75.6 cm³/mol. The molecule has 8 nitrogen and oxygen atoms in total. The van der Waals surface area contributed by atoms with Crippen LogP contribution in [0.25, 0.3) is 11.0 Å². The number of hydrogen-bond acceptors (Lipinski definition) is 7. The highest BCUT2D eigenvalue weighted by molar-refractivity contribution is 6.34. The number of rotatable bonds is 3. The van der Waals surface area contributed by atoms with Crippen molar-refractivity contribution in [2.45, 2.75) is 31.0 Å². The maximum Gasteiger partial charge on any atom is 0.167 e. The summed E-state index contributed by atoms with van der Waals surface area (Å²) in [6.07, 6.45) is -0.0471. The largest absolute Gasteiger partial charge is 0.394 e. The van der Waals surface area contributed by atoms with Gasteiger partial charge in [0.2, 0.25) is 0 Å². The number of fused-ring (bicyclic) bond motifs is 1. The molecule has 0 aromatic carbocycles. The van der Waals surface area contributed by atoms with Crippen molar-refractivity contribution in [3.8, 4) is 0 Å². The van der Waals surface area contributed by atoms with Crippen LogP contribution >= 0.6 is 11.6 Å². The van der Waals surface area contributed by atoms with Crippen LogP contribution in [0.2, 0.25) is 5.15 Å². The van der Waals surface area contributed by atoms with E-state index in [1.807, 2.05) is 0 Å². The molecule has 1 aliphatic heterocycles. The second kappa shape index (κ2) is 5.25. The van der Waals surface area contributed by atoms with Gasteiger partial charge in [-0.3, -0.25) is 4.79 Å². The third kappa shape index (κ3) is 2.03. The number of halogens is 1. The van der Waals surface area contributed by atoms with E-state index in [0.29, 0.717) is 11.7 Å². The Morgan fingerprint density at radius 3 is 2.86 bits per heavy atom. The maximum absolute atomic E-state index is 11.2. The van der Waals surface area contributed by atoms with Crippen LogP contribution < -0.4 is 0 Å². The molecule has 0 saturated carbocycles. The summed E-state index contributed by atoms with van der Waals surface area (Å²) >= 11 is 6.00. The van der Waals surface area contributed by atoms with Crippen LogP contribution in [-0.2, 0) is 4.74 Å². The zero-order chi connectivity index (χ0) is 16.1. The van der Waals surface area contributed by atoms with E-state index in [2.05, 4.69) is 9.97 Å². The highest BCUT2D eigenvalue weighted by atomic mass is 35.5. The van der Waals surface area contributed by atoms with Gasteiger partial charge >= 0.3 is 0 Å². The minimum Gasteiger partial charge on any atom is -0.394 e. The van der Waals surface area contributed by atoms with Crippen LogP contribution in [0.3, 0.4) is 0 Å². The average Bonchev–Trinajstić information content (AvgIpc) is 2.97. The van der Waals surface area contributed by atoms with Crippen molar-refractivity contribution in [3.63, 3.8) is 0 Å². The summed E-state index contributed by atoms with van der Waals surface area (Å²) in [5, 5.41) is 30.2. The van der Waals surface area contributed by atoms with Gasteiger partial charge in [-0.25, -0.2) is 9.97 Å². The van der Waals surface area contributed by atoms with Crippen molar-refractivity contribution >= 4 is 28.9 Å². The number of carbonyl (C=O) groups excluding carboxylic acids is 1. The molecule has 0 spiro atoms. The molecule has 0 amide bonds. The van der Waals surface area contributed by atoms with E-state index >= 15 is 0 Å². The highest BCUT2D eigenvalue weighted by Gasteiger charge is 2.53. The highest BCUT2D eigenvalue weighted by Crippen LogP contribution is 2.40. The Bertz CT molecular complexity index is 732. The molecular formula is C13H14ClN3O5. The fourth-order valence-corrected chi connectivity index (χ4v) is 2.97. The predicted octanol–water partition coefficient (Wildman–Crippen LogP) is -0.101. The monoisotopic (exact) mass is 327 g/mol. The lowest BCUT2D eigenvalue weighted by Gasteiger charge is -2.27. The van der Waals surface area contributed by atoms with Gasteiger partial charge in [-0.2, -0.15) is 0 Å². The van der Waals surface area contributed by atoms with Crippen molar-refractivity contribution < 1.29 is 24.9 Å². The summed E-state index contributed by atoms with van der Waals surface area (Å²) in [6, 6.07) is 0. The molecule has 2 aromatic heterocycles. The van der Waals surface area contributed by atoms with Gasteiger partial charge in [-0.1, -0.05) is 11.6 Å². The van der Waals surface area contributed by atoms with Gasteiger partial charge in [-0.15, -0.1) is 0 Å². The van der Waals surface area contributed by atoms with Crippen molar-refractivity contribution in [3.05, 3.63) is 23.2 Å². The van der Waals surface area contributed by atoms with Gasteiger partial charge in [-0.05, 0) is 6.92 Å². The zero-order valence-corrected chi connectivity index (χ0v) is 12.3. The van der Waals surface area contributed by atoms with Crippen LogP contribution in [0.1, 0.15) is 23.5 Å². The molecule has 3 heterocycles. The molecule has 0 unspecified atom stereocenters. The molecule has 0 aliphatic carbocycles. The van der Waals surface area contributed by atoms with Crippen LogP contribution in [0, 0.1) is 0 Å². The Hall–Kier alpha value is -1.58. The standard InChI is InChI=1S/C13H14ClN3O5/c1-13(21)9(20)7(4-19)22-12(13)17-2-6(3-18)8-10(14)15-5-16-11(8)17/h2-3,5,7,9,12,19-21H,4H2,1H3/t7-,9-,12-,13-/m1/s1. The Kier molecular flexibility index (Phi) is 3.66. The van der Waals surface area contributed by atoms with Gasteiger partial charge in [0, 0.05) is 11.8 Å². The van der Waals surface area contributed by atoms with Crippen LogP contribution in [0.15, 0.2) is 12.5 Å². The van der Waals surface area contributed by atoms with E-state index in [0.717, 1.165) is 0 Å². The van der Waals surface area contributed by atoms with E-state index < -0.39 is 30.6 Å². The van der Waals surface area contributed by atoms with E-state index in [4.69, 9.17) is 16.3 Å². The van der Waals surface area contributed by atoms with E-state index in [1.165, 1.54) is 24.0 Å². The third-order valence-electron chi connectivity index (χ3n) is 3.91. The SMILES string of the molecule is C[C@@]1(O)[C@H](O)[C@@H](CO)O[C@H]1n1cc(C=O)c2c(Cl)ncnc21. The first-order valence-electron chi connectivity index (χ1n) is 6.54. The first kappa shape index (κ1) is 15.3. The average molecular weight is 328 g/mol. The minimum atomic E-state index is -1.68. The number of aromatic nitrogens is 3. The van der Waals surface area contributed by atoms with E-state index in [1.54, 1.807) is 0 Å². The summed E-state index contributed by atoms with van der Waals surface area (Å²) in [6.45, 7) is 0.927. The van der Waals surface area contributed by atoms with Crippen molar-refractivity contribution in [2.75, 3.05) is 6.61 Å². The number of aliphatic hydroxyl groups is 3.